The normalized spacial score (nSPS) is 11.9. The van der Waals surface area contributed by atoms with Crippen LogP contribution in [0.15, 0.2) is 73.2 Å². The van der Waals surface area contributed by atoms with Crippen molar-refractivity contribution in [3.63, 3.8) is 0 Å². The maximum atomic E-state index is 12.4. The van der Waals surface area contributed by atoms with E-state index in [4.69, 9.17) is 11.6 Å². The van der Waals surface area contributed by atoms with Gasteiger partial charge in [0.2, 0.25) is 5.91 Å². The van der Waals surface area contributed by atoms with Crippen LogP contribution in [0.25, 0.3) is 0 Å². The Bertz CT molecular complexity index is 770. The van der Waals surface area contributed by atoms with Crippen LogP contribution in [-0.2, 0) is 11.3 Å². The molecule has 0 saturated carbocycles. The van der Waals surface area contributed by atoms with E-state index in [0.29, 0.717) is 17.3 Å². The predicted molar refractivity (Wildman–Crippen MR) is 96.1 cm³/mol. The summed E-state index contributed by atoms with van der Waals surface area (Å²) >= 11 is 5.98. The van der Waals surface area contributed by atoms with Crippen LogP contribution in [0.4, 0.5) is 5.82 Å². The number of hydrogen-bond donors (Lipinski definition) is 1. The number of halogens is 1. The van der Waals surface area contributed by atoms with Crippen LogP contribution in [0.1, 0.15) is 17.9 Å². The van der Waals surface area contributed by atoms with Crippen molar-refractivity contribution in [1.29, 1.82) is 0 Å². The first kappa shape index (κ1) is 16.3. The number of rotatable bonds is 6. The Morgan fingerprint density at radius 2 is 1.83 bits per heavy atom. The average molecular weight is 340 g/mol. The van der Waals surface area contributed by atoms with Gasteiger partial charge in [-0.05, 0) is 42.0 Å². The Morgan fingerprint density at radius 1 is 1.08 bits per heavy atom. The van der Waals surface area contributed by atoms with E-state index in [-0.39, 0.29) is 11.8 Å². The minimum absolute atomic E-state index is 0.0541. The molecule has 122 valence electrons. The van der Waals surface area contributed by atoms with Crippen molar-refractivity contribution < 1.29 is 4.79 Å². The van der Waals surface area contributed by atoms with Crippen molar-refractivity contribution >= 4 is 23.3 Å². The summed E-state index contributed by atoms with van der Waals surface area (Å²) in [5.74, 6) is 0.567. The molecular formula is C19H18ClN3O. The summed E-state index contributed by atoms with van der Waals surface area (Å²) in [4.78, 5) is 16.5. The van der Waals surface area contributed by atoms with Gasteiger partial charge in [0.05, 0.1) is 0 Å². The lowest BCUT2D eigenvalue weighted by Crippen LogP contribution is -2.19. The smallest absolute Gasteiger partial charge is 0.226 e. The van der Waals surface area contributed by atoms with Crippen LogP contribution in [0.5, 0.6) is 0 Å². The molecular weight excluding hydrogens is 322 g/mol. The molecule has 24 heavy (non-hydrogen) atoms. The maximum Gasteiger partial charge on any atom is 0.226 e. The monoisotopic (exact) mass is 339 g/mol. The van der Waals surface area contributed by atoms with Gasteiger partial charge in [-0.1, -0.05) is 29.8 Å². The molecule has 2 heterocycles. The highest BCUT2D eigenvalue weighted by Gasteiger charge is 2.17. The molecule has 1 N–H and O–H groups in total. The summed E-state index contributed by atoms with van der Waals surface area (Å²) in [6, 6.07) is 17.1. The summed E-state index contributed by atoms with van der Waals surface area (Å²) in [7, 11) is 0. The van der Waals surface area contributed by atoms with Gasteiger partial charge >= 0.3 is 0 Å². The summed E-state index contributed by atoms with van der Waals surface area (Å²) in [6.07, 6.45) is 6.03. The molecule has 0 aliphatic carbocycles. The number of carbonyl (C=O) groups excluding carboxylic acids is 1. The van der Waals surface area contributed by atoms with Crippen LogP contribution < -0.4 is 5.32 Å². The molecule has 0 spiro atoms. The summed E-state index contributed by atoms with van der Waals surface area (Å²) < 4.78 is 2.08. The van der Waals surface area contributed by atoms with Gasteiger partial charge in [-0.3, -0.25) is 4.79 Å². The lowest BCUT2D eigenvalue weighted by Gasteiger charge is -2.18. The second-order valence-electron chi connectivity index (χ2n) is 5.60. The number of anilines is 1. The van der Waals surface area contributed by atoms with E-state index in [1.54, 1.807) is 12.3 Å². The molecule has 0 bridgehead atoms. The first-order valence-corrected chi connectivity index (χ1v) is 8.15. The molecule has 3 aromatic rings. The van der Waals surface area contributed by atoms with E-state index in [2.05, 4.69) is 14.9 Å². The quantitative estimate of drug-likeness (QED) is 0.725. The molecule has 1 aromatic carbocycles. The number of carbonyl (C=O) groups is 1. The molecule has 0 fully saturated rings. The number of aromatic nitrogens is 2. The van der Waals surface area contributed by atoms with E-state index >= 15 is 0 Å². The van der Waals surface area contributed by atoms with Crippen LogP contribution in [0, 0.1) is 0 Å². The van der Waals surface area contributed by atoms with E-state index in [1.165, 1.54) is 0 Å². The average Bonchev–Trinajstić information content (AvgIpc) is 3.09. The zero-order valence-corrected chi connectivity index (χ0v) is 13.9. The molecule has 3 rings (SSSR count). The SMILES string of the molecule is O=C(CC(Cn1cccc1)c1ccc(Cl)cc1)Nc1ccccn1. The van der Waals surface area contributed by atoms with Gasteiger partial charge < -0.3 is 9.88 Å². The van der Waals surface area contributed by atoms with Crippen molar-refractivity contribution in [3.8, 4) is 0 Å². The molecule has 4 nitrogen and oxygen atoms in total. The molecule has 1 unspecified atom stereocenters. The van der Waals surface area contributed by atoms with Crippen molar-refractivity contribution in [2.45, 2.75) is 18.9 Å². The van der Waals surface area contributed by atoms with Crippen LogP contribution in [0.3, 0.4) is 0 Å². The van der Waals surface area contributed by atoms with Gasteiger partial charge in [0.25, 0.3) is 0 Å². The third kappa shape index (κ3) is 4.46. The van der Waals surface area contributed by atoms with Crippen molar-refractivity contribution in [2.75, 3.05) is 5.32 Å². The number of nitrogens with zero attached hydrogens (tertiary/aromatic N) is 2. The highest BCUT2D eigenvalue weighted by molar-refractivity contribution is 6.30. The highest BCUT2D eigenvalue weighted by atomic mass is 35.5. The van der Waals surface area contributed by atoms with E-state index < -0.39 is 0 Å². The van der Waals surface area contributed by atoms with Crippen LogP contribution in [0.2, 0.25) is 5.02 Å². The van der Waals surface area contributed by atoms with Gasteiger partial charge in [-0.25, -0.2) is 4.98 Å². The largest absolute Gasteiger partial charge is 0.354 e. The summed E-state index contributed by atoms with van der Waals surface area (Å²) in [6.45, 7) is 0.726. The van der Waals surface area contributed by atoms with Crippen molar-refractivity contribution in [3.05, 3.63) is 83.8 Å². The first-order valence-electron chi connectivity index (χ1n) is 7.78. The molecule has 2 aromatic heterocycles. The van der Waals surface area contributed by atoms with Gasteiger partial charge in [0.1, 0.15) is 5.82 Å². The Labute approximate surface area is 146 Å². The molecule has 1 atom stereocenters. The fraction of sp³-hybridized carbons (Fsp3) is 0.158. The molecule has 0 aliphatic rings. The first-order chi connectivity index (χ1) is 11.7. The van der Waals surface area contributed by atoms with Crippen molar-refractivity contribution in [1.82, 2.24) is 9.55 Å². The number of benzene rings is 1. The molecule has 0 saturated heterocycles. The third-order valence-corrected chi connectivity index (χ3v) is 4.05. The van der Waals surface area contributed by atoms with Gasteiger partial charge in [0, 0.05) is 42.5 Å². The Hall–Kier alpha value is -2.59. The van der Waals surface area contributed by atoms with Crippen molar-refractivity contribution in [2.24, 2.45) is 0 Å². The zero-order valence-electron chi connectivity index (χ0n) is 13.1. The summed E-state index contributed by atoms with van der Waals surface area (Å²) in [5, 5.41) is 3.54. The number of pyridine rings is 1. The number of hydrogen-bond acceptors (Lipinski definition) is 2. The molecule has 1 amide bonds. The third-order valence-electron chi connectivity index (χ3n) is 3.80. The lowest BCUT2D eigenvalue weighted by molar-refractivity contribution is -0.116. The van der Waals surface area contributed by atoms with Gasteiger partial charge in [-0.2, -0.15) is 0 Å². The topological polar surface area (TPSA) is 46.9 Å². The minimum atomic E-state index is -0.0548. The highest BCUT2D eigenvalue weighted by Crippen LogP contribution is 2.24. The number of nitrogens with one attached hydrogen (secondary N) is 1. The van der Waals surface area contributed by atoms with E-state index in [9.17, 15) is 4.79 Å². The van der Waals surface area contributed by atoms with Gasteiger partial charge in [0.15, 0.2) is 0 Å². The fourth-order valence-corrected chi connectivity index (χ4v) is 2.75. The zero-order chi connectivity index (χ0) is 16.8. The second-order valence-corrected chi connectivity index (χ2v) is 6.03. The second kappa shape index (κ2) is 7.79. The summed E-state index contributed by atoms with van der Waals surface area (Å²) in [5.41, 5.74) is 1.09. The van der Waals surface area contributed by atoms with E-state index in [0.717, 1.165) is 12.1 Å². The Morgan fingerprint density at radius 3 is 2.50 bits per heavy atom. The molecule has 0 radical (unpaired) electrons. The molecule has 5 heteroatoms. The fourth-order valence-electron chi connectivity index (χ4n) is 2.62. The number of amides is 1. The van der Waals surface area contributed by atoms with Crippen LogP contribution >= 0.6 is 11.6 Å². The van der Waals surface area contributed by atoms with Crippen LogP contribution in [-0.4, -0.2) is 15.5 Å². The Kier molecular flexibility index (Phi) is 5.29. The van der Waals surface area contributed by atoms with E-state index in [1.807, 2.05) is 60.9 Å². The van der Waals surface area contributed by atoms with Gasteiger partial charge in [-0.15, -0.1) is 0 Å². The minimum Gasteiger partial charge on any atom is -0.354 e. The molecule has 0 aliphatic heterocycles. The maximum absolute atomic E-state index is 12.4. The Balaban J connectivity index is 1.74. The predicted octanol–water partition coefficient (Wildman–Crippen LogP) is 4.35. The standard InChI is InChI=1S/C19H18ClN3O/c20-17-8-6-15(7-9-17)16(14-23-11-3-4-12-23)13-19(24)22-18-5-1-2-10-21-18/h1-12,16H,13-14H2,(H,21,22,24). The lowest BCUT2D eigenvalue weighted by atomic mass is 9.95.